The second-order valence-corrected chi connectivity index (χ2v) is 5.66. The monoisotopic (exact) mass is 323 g/mol. The Bertz CT molecular complexity index is 841. The summed E-state index contributed by atoms with van der Waals surface area (Å²) in [5.74, 6) is -1.21. The number of aromatic carboxylic acids is 1. The fraction of sp³-hybridized carbons (Fsp3) is 0.250. The Hall–Kier alpha value is -2.06. The summed E-state index contributed by atoms with van der Waals surface area (Å²) in [5, 5.41) is 17.4. The molecule has 7 nitrogen and oxygen atoms in total. The van der Waals surface area contributed by atoms with Gasteiger partial charge in [-0.25, -0.2) is 9.48 Å². The summed E-state index contributed by atoms with van der Waals surface area (Å²) < 4.78 is 9.82. The molecule has 3 aromatic rings. The molecule has 0 aliphatic rings. The minimum atomic E-state index is -1.12. The Morgan fingerprint density at radius 1 is 1.38 bits per heavy atom. The molecule has 0 aliphatic carbocycles. The summed E-state index contributed by atoms with van der Waals surface area (Å²) in [6, 6.07) is 3.45. The quantitative estimate of drug-likeness (QED) is 0.796. The Kier molecular flexibility index (Phi) is 3.34. The van der Waals surface area contributed by atoms with E-state index in [1.165, 1.54) is 4.68 Å². The van der Waals surface area contributed by atoms with Crippen molar-refractivity contribution in [2.24, 2.45) is 0 Å². The van der Waals surface area contributed by atoms with Gasteiger partial charge < -0.3 is 5.11 Å². The highest BCUT2D eigenvalue weighted by Gasteiger charge is 2.25. The molecule has 0 fully saturated rings. The predicted molar refractivity (Wildman–Crippen MR) is 78.4 cm³/mol. The molecular formula is C12H10ClN5O2S. The van der Waals surface area contributed by atoms with Gasteiger partial charge >= 0.3 is 5.97 Å². The van der Waals surface area contributed by atoms with Crippen LogP contribution in [0, 0.1) is 0 Å². The number of rotatable bonds is 3. The molecular weight excluding hydrogens is 314 g/mol. The molecule has 0 atom stereocenters. The summed E-state index contributed by atoms with van der Waals surface area (Å²) >= 11 is 7.32. The fourth-order valence-corrected chi connectivity index (χ4v) is 2.91. The highest BCUT2D eigenvalue weighted by molar-refractivity contribution is 7.00. The molecule has 0 radical (unpaired) electrons. The van der Waals surface area contributed by atoms with Crippen molar-refractivity contribution in [1.82, 2.24) is 23.7 Å². The summed E-state index contributed by atoms with van der Waals surface area (Å²) in [7, 11) is 0. The van der Waals surface area contributed by atoms with E-state index in [4.69, 9.17) is 11.6 Å². The number of hydrogen-bond donors (Lipinski definition) is 1. The summed E-state index contributed by atoms with van der Waals surface area (Å²) in [6.07, 6.45) is 0. The minimum absolute atomic E-state index is 0.0822. The molecule has 2 aromatic heterocycles. The van der Waals surface area contributed by atoms with E-state index in [2.05, 4.69) is 19.1 Å². The van der Waals surface area contributed by atoms with Crippen molar-refractivity contribution in [2.75, 3.05) is 0 Å². The second kappa shape index (κ2) is 5.05. The lowest BCUT2D eigenvalue weighted by Crippen LogP contribution is -2.09. The maximum Gasteiger partial charge on any atom is 0.358 e. The average Bonchev–Trinajstić information content (AvgIpc) is 3.03. The first kappa shape index (κ1) is 13.9. The van der Waals surface area contributed by atoms with Crippen molar-refractivity contribution in [1.29, 1.82) is 0 Å². The van der Waals surface area contributed by atoms with Gasteiger partial charge in [0.2, 0.25) is 0 Å². The van der Waals surface area contributed by atoms with Crippen LogP contribution in [0.15, 0.2) is 12.1 Å². The number of nitrogens with zero attached hydrogens (tertiary/aromatic N) is 5. The van der Waals surface area contributed by atoms with Crippen LogP contribution in [0.3, 0.4) is 0 Å². The first-order valence-electron chi connectivity index (χ1n) is 6.10. The minimum Gasteiger partial charge on any atom is -0.476 e. The molecule has 1 N–H and O–H groups in total. The highest BCUT2D eigenvalue weighted by atomic mass is 35.5. The SMILES string of the molecule is CC(C)c1c(C(=O)O)nnn1-c1c(Cl)ccc2nsnc12. The number of halogens is 1. The van der Waals surface area contributed by atoms with Gasteiger partial charge in [-0.3, -0.25) is 0 Å². The molecule has 108 valence electrons. The van der Waals surface area contributed by atoms with Crippen LogP contribution in [0.4, 0.5) is 0 Å². The maximum atomic E-state index is 11.3. The van der Waals surface area contributed by atoms with Gasteiger partial charge in [-0.1, -0.05) is 30.7 Å². The van der Waals surface area contributed by atoms with Crippen LogP contribution in [-0.4, -0.2) is 34.8 Å². The molecule has 2 heterocycles. The molecule has 0 spiro atoms. The largest absolute Gasteiger partial charge is 0.476 e. The van der Waals surface area contributed by atoms with Crippen molar-refractivity contribution in [2.45, 2.75) is 19.8 Å². The van der Waals surface area contributed by atoms with Gasteiger partial charge in [0.05, 0.1) is 22.4 Å². The van der Waals surface area contributed by atoms with E-state index in [1.54, 1.807) is 12.1 Å². The molecule has 0 bridgehead atoms. The van der Waals surface area contributed by atoms with E-state index >= 15 is 0 Å². The maximum absolute atomic E-state index is 11.3. The Morgan fingerprint density at radius 2 is 2.14 bits per heavy atom. The number of aromatic nitrogens is 5. The molecule has 1 aromatic carbocycles. The van der Waals surface area contributed by atoms with Crippen LogP contribution in [0.5, 0.6) is 0 Å². The highest BCUT2D eigenvalue weighted by Crippen LogP contribution is 2.31. The van der Waals surface area contributed by atoms with Crippen LogP contribution in [0.25, 0.3) is 16.7 Å². The zero-order chi connectivity index (χ0) is 15.1. The van der Waals surface area contributed by atoms with E-state index in [9.17, 15) is 9.90 Å². The number of carboxylic acid groups (broad SMARTS) is 1. The zero-order valence-electron chi connectivity index (χ0n) is 11.1. The molecule has 9 heteroatoms. The number of fused-ring (bicyclic) bond motifs is 1. The predicted octanol–water partition coefficient (Wildman–Crippen LogP) is 2.75. The van der Waals surface area contributed by atoms with Crippen LogP contribution < -0.4 is 0 Å². The number of hydrogen-bond acceptors (Lipinski definition) is 6. The lowest BCUT2D eigenvalue weighted by molar-refractivity contribution is 0.0688. The fourth-order valence-electron chi connectivity index (χ4n) is 2.14. The van der Waals surface area contributed by atoms with E-state index in [-0.39, 0.29) is 11.6 Å². The van der Waals surface area contributed by atoms with E-state index in [1.807, 2.05) is 13.8 Å². The lowest BCUT2D eigenvalue weighted by atomic mass is 10.1. The summed E-state index contributed by atoms with van der Waals surface area (Å²) in [4.78, 5) is 11.3. The Morgan fingerprint density at radius 3 is 2.81 bits per heavy atom. The molecule has 0 aliphatic heterocycles. The van der Waals surface area contributed by atoms with E-state index < -0.39 is 5.97 Å². The molecule has 0 saturated carbocycles. The Labute approximate surface area is 128 Å². The third kappa shape index (κ3) is 2.16. The Balaban J connectivity index is 2.36. The van der Waals surface area contributed by atoms with Gasteiger partial charge in [0.1, 0.15) is 16.7 Å². The van der Waals surface area contributed by atoms with Crippen LogP contribution >= 0.6 is 23.3 Å². The number of carbonyl (C=O) groups is 1. The average molecular weight is 324 g/mol. The van der Waals surface area contributed by atoms with Gasteiger partial charge in [0.15, 0.2) is 5.69 Å². The molecule has 0 unspecified atom stereocenters. The second-order valence-electron chi connectivity index (χ2n) is 4.72. The third-order valence-corrected chi connectivity index (χ3v) is 3.87. The smallest absolute Gasteiger partial charge is 0.358 e. The van der Waals surface area contributed by atoms with Crippen molar-refractivity contribution >= 4 is 40.3 Å². The zero-order valence-corrected chi connectivity index (χ0v) is 12.7. The van der Waals surface area contributed by atoms with Gasteiger partial charge in [-0.15, -0.1) is 5.10 Å². The van der Waals surface area contributed by atoms with Crippen molar-refractivity contribution < 1.29 is 9.90 Å². The topological polar surface area (TPSA) is 93.8 Å². The summed E-state index contributed by atoms with van der Waals surface area (Å²) in [5.41, 5.74) is 2.16. The molecule has 0 saturated heterocycles. The van der Waals surface area contributed by atoms with Crippen molar-refractivity contribution in [3.8, 4) is 5.69 Å². The molecule has 3 rings (SSSR count). The van der Waals surface area contributed by atoms with Crippen LogP contribution in [0.2, 0.25) is 5.02 Å². The lowest BCUT2D eigenvalue weighted by Gasteiger charge is -2.11. The van der Waals surface area contributed by atoms with Gasteiger partial charge in [-0.2, -0.15) is 8.75 Å². The van der Waals surface area contributed by atoms with Gasteiger partial charge in [0.25, 0.3) is 0 Å². The summed E-state index contributed by atoms with van der Waals surface area (Å²) in [6.45, 7) is 3.74. The van der Waals surface area contributed by atoms with Crippen molar-refractivity contribution in [3.63, 3.8) is 0 Å². The number of carboxylic acids is 1. The van der Waals surface area contributed by atoms with Crippen LogP contribution in [0.1, 0.15) is 35.9 Å². The van der Waals surface area contributed by atoms with E-state index in [0.29, 0.717) is 27.4 Å². The van der Waals surface area contributed by atoms with Gasteiger partial charge in [-0.05, 0) is 18.1 Å². The number of benzene rings is 1. The standard InChI is InChI=1S/C12H10ClN5O2S/c1-5(2)10-9(12(19)20)14-17-18(10)11-6(13)3-4-7-8(11)16-21-15-7/h3-5H,1-2H3,(H,19,20). The van der Waals surface area contributed by atoms with Gasteiger partial charge in [0, 0.05) is 0 Å². The molecule has 0 amide bonds. The van der Waals surface area contributed by atoms with Crippen LogP contribution in [-0.2, 0) is 0 Å². The normalized spacial score (nSPS) is 11.4. The van der Waals surface area contributed by atoms with Crippen molar-refractivity contribution in [3.05, 3.63) is 28.5 Å². The third-order valence-electron chi connectivity index (χ3n) is 3.02. The molecule has 21 heavy (non-hydrogen) atoms. The first-order valence-corrected chi connectivity index (χ1v) is 7.21. The van der Waals surface area contributed by atoms with E-state index in [0.717, 1.165) is 11.7 Å². The first-order chi connectivity index (χ1) is 10.0.